The summed E-state index contributed by atoms with van der Waals surface area (Å²) >= 11 is 13.0. The van der Waals surface area contributed by atoms with Gasteiger partial charge in [-0.25, -0.2) is 9.67 Å². The first-order chi connectivity index (χ1) is 14.6. The van der Waals surface area contributed by atoms with Crippen molar-refractivity contribution in [2.75, 3.05) is 13.1 Å². The zero-order valence-corrected chi connectivity index (χ0v) is 18.2. The number of aromatic nitrogens is 3. The molecular weight excluding hydrogens is 417 g/mol. The molecule has 0 unspecified atom stereocenters. The Morgan fingerprint density at radius 1 is 1.13 bits per heavy atom. The Kier molecular flexibility index (Phi) is 5.54. The van der Waals surface area contributed by atoms with Gasteiger partial charge in [0, 0.05) is 34.6 Å². The molecule has 1 saturated heterocycles. The van der Waals surface area contributed by atoms with Crippen molar-refractivity contribution in [3.63, 3.8) is 0 Å². The molecule has 2 heterocycles. The zero-order chi connectivity index (χ0) is 20.7. The van der Waals surface area contributed by atoms with Gasteiger partial charge in [0.2, 0.25) is 0 Å². The normalized spacial score (nSPS) is 24.2. The van der Waals surface area contributed by atoms with E-state index in [0.29, 0.717) is 17.0 Å². The van der Waals surface area contributed by atoms with Gasteiger partial charge in [-0.1, -0.05) is 35.3 Å². The molecule has 0 saturated carbocycles. The van der Waals surface area contributed by atoms with Crippen LogP contribution in [0.5, 0.6) is 0 Å². The largest absolute Gasteiger partial charge is 0.327 e. The van der Waals surface area contributed by atoms with E-state index in [9.17, 15) is 0 Å². The summed E-state index contributed by atoms with van der Waals surface area (Å²) in [5, 5.41) is 5.70. The molecule has 0 amide bonds. The fourth-order valence-electron chi connectivity index (χ4n) is 5.08. The van der Waals surface area contributed by atoms with Gasteiger partial charge in [-0.3, -0.25) is 4.90 Å². The van der Waals surface area contributed by atoms with Crippen LogP contribution in [0.1, 0.15) is 35.4 Å². The first-order valence-electron chi connectivity index (χ1n) is 10.5. The van der Waals surface area contributed by atoms with E-state index >= 15 is 0 Å². The van der Waals surface area contributed by atoms with Crippen molar-refractivity contribution in [2.24, 2.45) is 5.73 Å². The predicted octanol–water partition coefficient (Wildman–Crippen LogP) is 4.25. The SMILES string of the molecule is N[C@@H]1CCCN([C@H]2Cc3c(Cl)cc(Cl)cc3[C@@H]2Cc2ccc(-n3cncn3)cc2)C1. The summed E-state index contributed by atoms with van der Waals surface area (Å²) in [4.78, 5) is 6.60. The Morgan fingerprint density at radius 2 is 1.97 bits per heavy atom. The highest BCUT2D eigenvalue weighted by Crippen LogP contribution is 2.43. The number of benzene rings is 2. The van der Waals surface area contributed by atoms with Gasteiger partial charge in [-0.15, -0.1) is 0 Å². The first kappa shape index (κ1) is 20.0. The second kappa shape index (κ2) is 8.31. The summed E-state index contributed by atoms with van der Waals surface area (Å²) in [6.07, 6.45) is 7.42. The van der Waals surface area contributed by atoms with Crippen LogP contribution >= 0.6 is 23.2 Å². The lowest BCUT2D eigenvalue weighted by molar-refractivity contribution is 0.136. The van der Waals surface area contributed by atoms with Crippen LogP contribution in [0, 0.1) is 0 Å². The number of piperidine rings is 1. The van der Waals surface area contributed by atoms with Crippen LogP contribution in [0.15, 0.2) is 49.1 Å². The second-order valence-electron chi connectivity index (χ2n) is 8.44. The Labute approximate surface area is 186 Å². The lowest BCUT2D eigenvalue weighted by Crippen LogP contribution is -2.49. The number of likely N-dealkylation sites (tertiary alicyclic amines) is 1. The molecule has 2 N–H and O–H groups in total. The van der Waals surface area contributed by atoms with E-state index in [0.717, 1.165) is 49.5 Å². The van der Waals surface area contributed by atoms with E-state index in [2.05, 4.69) is 45.3 Å². The third kappa shape index (κ3) is 3.87. The molecule has 2 aromatic carbocycles. The standard InChI is InChI=1S/C23H25Cl2N5/c24-16-9-19-20(22(25)10-16)11-23(29-7-1-2-17(26)12-29)21(19)8-15-3-5-18(6-4-15)30-14-27-13-28-30/h3-6,9-10,13-14,17,21,23H,1-2,7-8,11-12,26H2/t17-,21+,23+/m1/s1. The number of nitrogens with two attached hydrogens (primary N) is 1. The molecule has 7 heteroatoms. The van der Waals surface area contributed by atoms with Gasteiger partial charge in [0.15, 0.2) is 0 Å². The van der Waals surface area contributed by atoms with E-state index in [1.54, 1.807) is 17.3 Å². The lowest BCUT2D eigenvalue weighted by Gasteiger charge is -2.38. The molecule has 1 aliphatic heterocycles. The van der Waals surface area contributed by atoms with E-state index in [4.69, 9.17) is 28.9 Å². The summed E-state index contributed by atoms with van der Waals surface area (Å²) in [5.74, 6) is 0.346. The Morgan fingerprint density at radius 3 is 2.70 bits per heavy atom. The summed E-state index contributed by atoms with van der Waals surface area (Å²) in [6.45, 7) is 2.05. The monoisotopic (exact) mass is 441 g/mol. The molecule has 30 heavy (non-hydrogen) atoms. The highest BCUT2D eigenvalue weighted by molar-refractivity contribution is 6.35. The Balaban J connectivity index is 1.45. The minimum atomic E-state index is 0.254. The lowest BCUT2D eigenvalue weighted by atomic mass is 9.89. The molecule has 1 fully saturated rings. The Bertz CT molecular complexity index is 1020. The van der Waals surface area contributed by atoms with E-state index in [-0.39, 0.29) is 6.04 Å². The Hall–Kier alpha value is -1.92. The van der Waals surface area contributed by atoms with Crippen molar-refractivity contribution in [2.45, 2.75) is 43.7 Å². The fourth-order valence-corrected chi connectivity index (χ4v) is 5.67. The van der Waals surface area contributed by atoms with E-state index in [1.165, 1.54) is 16.7 Å². The molecule has 156 valence electrons. The van der Waals surface area contributed by atoms with Gasteiger partial charge in [0.05, 0.1) is 5.69 Å². The third-order valence-electron chi connectivity index (χ3n) is 6.51. The van der Waals surface area contributed by atoms with Gasteiger partial charge in [-0.2, -0.15) is 5.10 Å². The van der Waals surface area contributed by atoms with Crippen LogP contribution in [0.4, 0.5) is 0 Å². The van der Waals surface area contributed by atoms with Crippen LogP contribution in [-0.4, -0.2) is 44.8 Å². The van der Waals surface area contributed by atoms with Crippen molar-refractivity contribution in [1.82, 2.24) is 19.7 Å². The molecule has 1 aromatic heterocycles. The molecule has 5 nitrogen and oxygen atoms in total. The first-order valence-corrected chi connectivity index (χ1v) is 11.3. The molecule has 5 rings (SSSR count). The van der Waals surface area contributed by atoms with Crippen LogP contribution in [-0.2, 0) is 12.8 Å². The van der Waals surface area contributed by atoms with Gasteiger partial charge in [0.1, 0.15) is 12.7 Å². The zero-order valence-electron chi connectivity index (χ0n) is 16.7. The number of hydrogen-bond donors (Lipinski definition) is 1. The molecular formula is C23H25Cl2N5. The highest BCUT2D eigenvalue weighted by Gasteiger charge is 2.38. The predicted molar refractivity (Wildman–Crippen MR) is 121 cm³/mol. The molecule has 3 atom stereocenters. The molecule has 0 spiro atoms. The fraction of sp³-hybridized carbons (Fsp3) is 0.391. The van der Waals surface area contributed by atoms with Gasteiger partial charge >= 0.3 is 0 Å². The molecule has 0 bridgehead atoms. The third-order valence-corrected chi connectivity index (χ3v) is 7.06. The summed E-state index contributed by atoms with van der Waals surface area (Å²) in [5.41, 5.74) is 11.1. The van der Waals surface area contributed by atoms with Crippen LogP contribution in [0.2, 0.25) is 10.0 Å². The molecule has 1 aliphatic carbocycles. The van der Waals surface area contributed by atoms with Crippen LogP contribution in [0.25, 0.3) is 5.69 Å². The van der Waals surface area contributed by atoms with E-state index < -0.39 is 0 Å². The number of hydrogen-bond acceptors (Lipinski definition) is 4. The van der Waals surface area contributed by atoms with Crippen LogP contribution < -0.4 is 5.73 Å². The van der Waals surface area contributed by atoms with Crippen molar-refractivity contribution < 1.29 is 0 Å². The van der Waals surface area contributed by atoms with Crippen molar-refractivity contribution in [3.05, 3.63) is 75.8 Å². The smallest absolute Gasteiger partial charge is 0.138 e. The minimum absolute atomic E-state index is 0.254. The maximum absolute atomic E-state index is 6.61. The summed E-state index contributed by atoms with van der Waals surface area (Å²) < 4.78 is 1.77. The van der Waals surface area contributed by atoms with Crippen LogP contribution in [0.3, 0.4) is 0 Å². The summed E-state index contributed by atoms with van der Waals surface area (Å²) in [7, 11) is 0. The maximum Gasteiger partial charge on any atom is 0.138 e. The number of halogens is 2. The number of rotatable bonds is 4. The van der Waals surface area contributed by atoms with Gasteiger partial charge < -0.3 is 5.73 Å². The van der Waals surface area contributed by atoms with Gasteiger partial charge in [0.25, 0.3) is 0 Å². The second-order valence-corrected chi connectivity index (χ2v) is 9.28. The maximum atomic E-state index is 6.61. The van der Waals surface area contributed by atoms with Crippen molar-refractivity contribution >= 4 is 23.2 Å². The minimum Gasteiger partial charge on any atom is -0.327 e. The van der Waals surface area contributed by atoms with Gasteiger partial charge in [-0.05, 0) is 73.2 Å². The average molecular weight is 442 g/mol. The van der Waals surface area contributed by atoms with Crippen molar-refractivity contribution in [3.8, 4) is 5.69 Å². The number of nitrogens with zero attached hydrogens (tertiary/aromatic N) is 4. The molecule has 3 aromatic rings. The number of fused-ring (bicyclic) bond motifs is 1. The molecule has 0 radical (unpaired) electrons. The quantitative estimate of drug-likeness (QED) is 0.657. The van der Waals surface area contributed by atoms with E-state index in [1.807, 2.05) is 6.07 Å². The highest BCUT2D eigenvalue weighted by atomic mass is 35.5. The molecule has 2 aliphatic rings. The van der Waals surface area contributed by atoms with Crippen molar-refractivity contribution in [1.29, 1.82) is 0 Å². The topological polar surface area (TPSA) is 60.0 Å². The average Bonchev–Trinajstić information content (AvgIpc) is 3.38. The summed E-state index contributed by atoms with van der Waals surface area (Å²) in [6, 6.07) is 13.2.